The molecule has 25 heavy (non-hydrogen) atoms. The fraction of sp³-hybridized carbons (Fsp3) is 0.261. The Morgan fingerprint density at radius 1 is 0.920 bits per heavy atom. The molecule has 2 heterocycles. The van der Waals surface area contributed by atoms with E-state index in [9.17, 15) is 0 Å². The standard InChI is InChI=1S/C23H23NO/c1-14-9-10-16-17-7-6-8-18(22(17)25-21(16)11-14)20-12-19(23(3,4)5)15(2)13-24-20/h6-13H,1-5H3. The van der Waals surface area contributed by atoms with Crippen LogP contribution in [0, 0.1) is 13.8 Å². The highest BCUT2D eigenvalue weighted by Gasteiger charge is 2.19. The second-order valence-corrected chi connectivity index (χ2v) is 7.92. The molecule has 0 aliphatic carbocycles. The molecule has 4 aromatic rings. The predicted molar refractivity (Wildman–Crippen MR) is 105 cm³/mol. The topological polar surface area (TPSA) is 26.0 Å². The van der Waals surface area contributed by atoms with Gasteiger partial charge in [-0.1, -0.05) is 45.0 Å². The van der Waals surface area contributed by atoms with Crippen LogP contribution in [0.15, 0.2) is 53.1 Å². The molecule has 0 saturated carbocycles. The maximum atomic E-state index is 6.23. The number of pyridine rings is 1. The summed E-state index contributed by atoms with van der Waals surface area (Å²) in [5, 5.41) is 2.30. The van der Waals surface area contributed by atoms with Gasteiger partial charge in [-0.3, -0.25) is 4.98 Å². The Bertz CT molecular complexity index is 1100. The minimum Gasteiger partial charge on any atom is -0.455 e. The summed E-state index contributed by atoms with van der Waals surface area (Å²) >= 11 is 0. The van der Waals surface area contributed by atoms with Gasteiger partial charge in [0.1, 0.15) is 11.2 Å². The van der Waals surface area contributed by atoms with E-state index < -0.39 is 0 Å². The number of rotatable bonds is 1. The van der Waals surface area contributed by atoms with Gasteiger partial charge in [-0.05, 0) is 54.2 Å². The van der Waals surface area contributed by atoms with E-state index in [0.29, 0.717) is 0 Å². The highest BCUT2D eigenvalue weighted by molar-refractivity contribution is 6.09. The van der Waals surface area contributed by atoms with Crippen LogP contribution >= 0.6 is 0 Å². The SMILES string of the molecule is Cc1ccc2c(c1)oc1c(-c3cc(C(C)(C)C)c(C)cn3)cccc12. The Morgan fingerprint density at radius 2 is 1.72 bits per heavy atom. The molecule has 0 radical (unpaired) electrons. The summed E-state index contributed by atoms with van der Waals surface area (Å²) in [6, 6.07) is 14.9. The number of para-hydroxylation sites is 1. The van der Waals surface area contributed by atoms with Crippen LogP contribution in [0.3, 0.4) is 0 Å². The third-order valence-corrected chi connectivity index (χ3v) is 4.84. The van der Waals surface area contributed by atoms with Crippen molar-refractivity contribution in [1.29, 1.82) is 0 Å². The van der Waals surface area contributed by atoms with Gasteiger partial charge >= 0.3 is 0 Å². The second kappa shape index (κ2) is 5.45. The zero-order valence-electron chi connectivity index (χ0n) is 15.5. The molecule has 0 aliphatic rings. The lowest BCUT2D eigenvalue weighted by Crippen LogP contribution is -2.13. The normalized spacial score (nSPS) is 12.2. The summed E-state index contributed by atoms with van der Waals surface area (Å²) in [6.07, 6.45) is 1.97. The number of aryl methyl sites for hydroxylation is 2. The quantitative estimate of drug-likeness (QED) is 0.395. The fourth-order valence-corrected chi connectivity index (χ4v) is 3.59. The average molecular weight is 329 g/mol. The molecule has 4 rings (SSSR count). The Labute approximate surface area is 148 Å². The minimum absolute atomic E-state index is 0.0840. The van der Waals surface area contributed by atoms with E-state index in [-0.39, 0.29) is 5.41 Å². The lowest BCUT2D eigenvalue weighted by molar-refractivity contribution is 0.585. The predicted octanol–water partition coefficient (Wildman–Crippen LogP) is 6.56. The first-order chi connectivity index (χ1) is 11.8. The molecule has 0 aliphatic heterocycles. The van der Waals surface area contributed by atoms with E-state index in [4.69, 9.17) is 9.40 Å². The molecular weight excluding hydrogens is 306 g/mol. The Hall–Kier alpha value is -2.61. The van der Waals surface area contributed by atoms with Crippen molar-refractivity contribution in [2.75, 3.05) is 0 Å². The van der Waals surface area contributed by atoms with Crippen molar-refractivity contribution in [1.82, 2.24) is 4.98 Å². The van der Waals surface area contributed by atoms with Crippen molar-refractivity contribution < 1.29 is 4.42 Å². The smallest absolute Gasteiger partial charge is 0.144 e. The zero-order chi connectivity index (χ0) is 17.8. The largest absolute Gasteiger partial charge is 0.455 e. The van der Waals surface area contributed by atoms with Crippen LogP contribution in [-0.2, 0) is 5.41 Å². The number of hydrogen-bond acceptors (Lipinski definition) is 2. The highest BCUT2D eigenvalue weighted by Crippen LogP contribution is 2.37. The van der Waals surface area contributed by atoms with Crippen LogP contribution in [-0.4, -0.2) is 4.98 Å². The molecule has 2 aromatic heterocycles. The monoisotopic (exact) mass is 329 g/mol. The number of nitrogens with zero attached hydrogens (tertiary/aromatic N) is 1. The van der Waals surface area contributed by atoms with E-state index in [1.54, 1.807) is 0 Å². The van der Waals surface area contributed by atoms with Crippen molar-refractivity contribution >= 4 is 21.9 Å². The minimum atomic E-state index is 0.0840. The van der Waals surface area contributed by atoms with E-state index >= 15 is 0 Å². The van der Waals surface area contributed by atoms with Gasteiger partial charge in [0.15, 0.2) is 0 Å². The molecule has 0 bridgehead atoms. The first kappa shape index (κ1) is 15.9. The molecule has 0 N–H and O–H groups in total. The van der Waals surface area contributed by atoms with Gasteiger partial charge in [0.2, 0.25) is 0 Å². The summed E-state index contributed by atoms with van der Waals surface area (Å²) in [6.45, 7) is 10.9. The Morgan fingerprint density at radius 3 is 2.48 bits per heavy atom. The average Bonchev–Trinajstić information content (AvgIpc) is 2.91. The van der Waals surface area contributed by atoms with Crippen LogP contribution in [0.1, 0.15) is 37.5 Å². The van der Waals surface area contributed by atoms with E-state index in [2.05, 4.69) is 77.1 Å². The molecule has 2 nitrogen and oxygen atoms in total. The van der Waals surface area contributed by atoms with Crippen LogP contribution in [0.2, 0.25) is 0 Å². The first-order valence-corrected chi connectivity index (χ1v) is 8.74. The lowest BCUT2D eigenvalue weighted by Gasteiger charge is -2.22. The molecule has 2 heteroatoms. The number of furan rings is 1. The Balaban J connectivity index is 2.00. The van der Waals surface area contributed by atoms with Gasteiger partial charge in [-0.2, -0.15) is 0 Å². The third kappa shape index (κ3) is 2.62. The van der Waals surface area contributed by atoms with Gasteiger partial charge in [0.05, 0.1) is 5.69 Å². The first-order valence-electron chi connectivity index (χ1n) is 8.74. The molecule has 0 amide bonds. The van der Waals surface area contributed by atoms with Crippen molar-refractivity contribution in [3.05, 3.63) is 65.4 Å². The Kier molecular flexibility index (Phi) is 3.47. The maximum absolute atomic E-state index is 6.23. The van der Waals surface area contributed by atoms with Crippen LogP contribution < -0.4 is 0 Å². The van der Waals surface area contributed by atoms with Gasteiger partial charge in [-0.25, -0.2) is 0 Å². The summed E-state index contributed by atoms with van der Waals surface area (Å²) in [5.74, 6) is 0. The molecule has 126 valence electrons. The summed E-state index contributed by atoms with van der Waals surface area (Å²) in [4.78, 5) is 4.70. The van der Waals surface area contributed by atoms with Crippen LogP contribution in [0.5, 0.6) is 0 Å². The van der Waals surface area contributed by atoms with Crippen LogP contribution in [0.25, 0.3) is 33.2 Å². The van der Waals surface area contributed by atoms with Gasteiger partial charge in [0, 0.05) is 22.5 Å². The molecule has 0 unspecified atom stereocenters. The highest BCUT2D eigenvalue weighted by atomic mass is 16.3. The number of benzene rings is 2. The molecule has 2 aromatic carbocycles. The third-order valence-electron chi connectivity index (χ3n) is 4.84. The van der Waals surface area contributed by atoms with E-state index in [1.165, 1.54) is 16.7 Å². The maximum Gasteiger partial charge on any atom is 0.144 e. The number of fused-ring (bicyclic) bond motifs is 3. The van der Waals surface area contributed by atoms with E-state index in [1.807, 2.05) is 6.20 Å². The van der Waals surface area contributed by atoms with Gasteiger partial charge < -0.3 is 4.42 Å². The van der Waals surface area contributed by atoms with E-state index in [0.717, 1.165) is 33.2 Å². The number of hydrogen-bond donors (Lipinski definition) is 0. The summed E-state index contributed by atoms with van der Waals surface area (Å²) in [7, 11) is 0. The lowest BCUT2D eigenvalue weighted by atomic mass is 9.84. The zero-order valence-corrected chi connectivity index (χ0v) is 15.5. The second-order valence-electron chi connectivity index (χ2n) is 7.92. The van der Waals surface area contributed by atoms with Gasteiger partial charge in [-0.15, -0.1) is 0 Å². The molecule has 0 atom stereocenters. The summed E-state index contributed by atoms with van der Waals surface area (Å²) in [5.41, 5.74) is 7.71. The van der Waals surface area contributed by atoms with Crippen molar-refractivity contribution in [3.63, 3.8) is 0 Å². The van der Waals surface area contributed by atoms with Gasteiger partial charge in [0.25, 0.3) is 0 Å². The molecule has 0 fully saturated rings. The van der Waals surface area contributed by atoms with Crippen molar-refractivity contribution in [2.45, 2.75) is 40.0 Å². The summed E-state index contributed by atoms with van der Waals surface area (Å²) < 4.78 is 6.23. The van der Waals surface area contributed by atoms with Crippen molar-refractivity contribution in [2.24, 2.45) is 0 Å². The molecule has 0 spiro atoms. The van der Waals surface area contributed by atoms with Crippen molar-refractivity contribution in [3.8, 4) is 11.3 Å². The fourth-order valence-electron chi connectivity index (χ4n) is 3.59. The number of aromatic nitrogens is 1. The molecular formula is C23H23NO. The molecule has 0 saturated heterocycles. The van der Waals surface area contributed by atoms with Crippen LogP contribution in [0.4, 0.5) is 0 Å².